The third-order valence-corrected chi connectivity index (χ3v) is 5.38. The zero-order valence-corrected chi connectivity index (χ0v) is 20.7. The number of aromatic nitrogens is 1. The molecule has 0 aromatic carbocycles. The Kier molecular flexibility index (Phi) is 9.58. The second-order valence-corrected chi connectivity index (χ2v) is 9.61. The number of alkyl halides is 3. The Labute approximate surface area is 200 Å². The van der Waals surface area contributed by atoms with Crippen LogP contribution in [-0.4, -0.2) is 54.0 Å². The fourth-order valence-electron chi connectivity index (χ4n) is 3.70. The fraction of sp³-hybridized carbons (Fsp3) is 0.560. The molecular weight excluding hydrogens is 445 g/mol. The van der Waals surface area contributed by atoms with Crippen LogP contribution in [0.4, 0.5) is 19.0 Å². The molecule has 2 N–H and O–H groups in total. The molecule has 0 radical (unpaired) electrons. The maximum absolute atomic E-state index is 12.8. The van der Waals surface area contributed by atoms with Crippen LogP contribution in [0.3, 0.4) is 0 Å². The first-order valence-electron chi connectivity index (χ1n) is 11.5. The quantitative estimate of drug-likeness (QED) is 0.455. The number of pyridine rings is 1. The van der Waals surface area contributed by atoms with E-state index in [9.17, 15) is 13.2 Å². The van der Waals surface area contributed by atoms with E-state index in [2.05, 4.69) is 48.5 Å². The monoisotopic (exact) mass is 482 g/mol. The Balaban J connectivity index is 2.33. The lowest BCUT2D eigenvalue weighted by Crippen LogP contribution is -2.37. The lowest BCUT2D eigenvalue weighted by molar-refractivity contribution is -0.274. The van der Waals surface area contributed by atoms with E-state index in [0.29, 0.717) is 12.0 Å². The van der Waals surface area contributed by atoms with Crippen molar-refractivity contribution in [3.05, 3.63) is 48.6 Å². The standard InChI is InChI=1S/C25H37F3N4O2/c1-7-20(21-14-22(23(29)30-16-21)34-25(26,27)28)17-32(19(3)15-24(4,5)6)18(2)8-9-31-10-12-33-13-11-31/h14,16-17H,2-3,7-13,15H2,1,4-6H3,(H2,29,30)/b20-17+. The summed E-state index contributed by atoms with van der Waals surface area (Å²) >= 11 is 0. The smallest absolute Gasteiger partial charge is 0.402 e. The van der Waals surface area contributed by atoms with E-state index >= 15 is 0 Å². The minimum atomic E-state index is -4.86. The van der Waals surface area contributed by atoms with E-state index in [-0.39, 0.29) is 11.2 Å². The number of hydrogen-bond donors (Lipinski definition) is 1. The molecule has 1 aromatic heterocycles. The number of rotatable bonds is 10. The van der Waals surface area contributed by atoms with Gasteiger partial charge in [0, 0.05) is 55.4 Å². The molecule has 1 saturated heterocycles. The summed E-state index contributed by atoms with van der Waals surface area (Å²) in [5.74, 6) is -0.837. The van der Waals surface area contributed by atoms with Gasteiger partial charge in [0.2, 0.25) is 0 Å². The number of ether oxygens (including phenoxy) is 2. The van der Waals surface area contributed by atoms with Gasteiger partial charge in [0.15, 0.2) is 11.6 Å². The zero-order chi connectivity index (χ0) is 25.5. The van der Waals surface area contributed by atoms with Crippen molar-refractivity contribution in [2.45, 2.75) is 53.3 Å². The fourth-order valence-corrected chi connectivity index (χ4v) is 3.70. The Bertz CT molecular complexity index is 885. The van der Waals surface area contributed by atoms with Gasteiger partial charge in [-0.1, -0.05) is 40.9 Å². The highest BCUT2D eigenvalue weighted by molar-refractivity contribution is 5.68. The summed E-state index contributed by atoms with van der Waals surface area (Å²) in [6.45, 7) is 20.9. The second-order valence-electron chi connectivity index (χ2n) is 9.61. The van der Waals surface area contributed by atoms with Gasteiger partial charge in [-0.15, -0.1) is 13.2 Å². The van der Waals surface area contributed by atoms with Crippen molar-refractivity contribution in [3.63, 3.8) is 0 Å². The SMILES string of the molecule is C=C(CCN1CCOCC1)N(/C=C(\CC)c1cnc(N)c(OC(F)(F)F)c1)C(=C)CC(C)(C)C. The summed E-state index contributed by atoms with van der Waals surface area (Å²) in [6, 6.07) is 1.27. The van der Waals surface area contributed by atoms with Crippen molar-refractivity contribution in [3.8, 4) is 5.75 Å². The Hall–Kier alpha value is -2.52. The predicted molar refractivity (Wildman–Crippen MR) is 130 cm³/mol. The molecule has 2 rings (SSSR count). The van der Waals surface area contributed by atoms with Crippen LogP contribution in [0.25, 0.3) is 5.57 Å². The summed E-state index contributed by atoms with van der Waals surface area (Å²) in [5, 5.41) is 0. The summed E-state index contributed by atoms with van der Waals surface area (Å²) < 4.78 is 47.8. The number of halogens is 3. The van der Waals surface area contributed by atoms with Gasteiger partial charge in [0.25, 0.3) is 0 Å². The molecule has 1 aliphatic rings. The molecule has 6 nitrogen and oxygen atoms in total. The number of anilines is 1. The van der Waals surface area contributed by atoms with Crippen molar-refractivity contribution in [1.29, 1.82) is 0 Å². The molecule has 0 spiro atoms. The first-order chi connectivity index (χ1) is 15.8. The van der Waals surface area contributed by atoms with E-state index in [1.54, 1.807) is 0 Å². The van der Waals surface area contributed by atoms with Gasteiger partial charge < -0.3 is 20.1 Å². The molecular formula is C25H37F3N4O2. The first-order valence-corrected chi connectivity index (χ1v) is 11.5. The van der Waals surface area contributed by atoms with Crippen molar-refractivity contribution >= 4 is 11.4 Å². The second kappa shape index (κ2) is 11.8. The molecule has 34 heavy (non-hydrogen) atoms. The molecule has 1 fully saturated rings. The molecule has 1 aliphatic heterocycles. The van der Waals surface area contributed by atoms with E-state index in [1.165, 1.54) is 12.3 Å². The Morgan fingerprint density at radius 2 is 1.88 bits per heavy atom. The molecule has 2 heterocycles. The Morgan fingerprint density at radius 1 is 1.24 bits per heavy atom. The van der Waals surface area contributed by atoms with Crippen LogP contribution in [0, 0.1) is 5.41 Å². The van der Waals surface area contributed by atoms with Gasteiger partial charge in [0.05, 0.1) is 13.2 Å². The third kappa shape index (κ3) is 9.02. The van der Waals surface area contributed by atoms with Crippen molar-refractivity contribution in [1.82, 2.24) is 14.8 Å². The molecule has 0 bridgehead atoms. The van der Waals surface area contributed by atoms with Crippen LogP contribution in [0.2, 0.25) is 0 Å². The lowest BCUT2D eigenvalue weighted by atomic mass is 9.90. The number of nitrogen functional groups attached to an aromatic ring is 1. The van der Waals surface area contributed by atoms with E-state index in [0.717, 1.165) is 62.7 Å². The number of hydrogen-bond acceptors (Lipinski definition) is 6. The van der Waals surface area contributed by atoms with Crippen LogP contribution in [0.15, 0.2) is 43.0 Å². The maximum Gasteiger partial charge on any atom is 0.573 e. The van der Waals surface area contributed by atoms with Gasteiger partial charge in [-0.3, -0.25) is 4.90 Å². The summed E-state index contributed by atoms with van der Waals surface area (Å²) in [5.41, 5.74) is 8.59. The molecule has 0 unspecified atom stereocenters. The minimum absolute atomic E-state index is 0.00346. The van der Waals surface area contributed by atoms with Crippen LogP contribution in [-0.2, 0) is 4.74 Å². The molecule has 0 saturated carbocycles. The van der Waals surface area contributed by atoms with Gasteiger partial charge in [-0.05, 0) is 29.9 Å². The van der Waals surface area contributed by atoms with E-state index in [1.807, 2.05) is 18.0 Å². The van der Waals surface area contributed by atoms with Crippen molar-refractivity contribution in [2.24, 2.45) is 5.41 Å². The van der Waals surface area contributed by atoms with Gasteiger partial charge in [-0.25, -0.2) is 4.98 Å². The van der Waals surface area contributed by atoms with E-state index < -0.39 is 12.1 Å². The molecule has 1 aromatic rings. The van der Waals surface area contributed by atoms with E-state index in [4.69, 9.17) is 10.5 Å². The minimum Gasteiger partial charge on any atom is -0.402 e. The van der Waals surface area contributed by atoms with Gasteiger partial charge in [-0.2, -0.15) is 0 Å². The third-order valence-electron chi connectivity index (χ3n) is 5.38. The summed E-state index contributed by atoms with van der Waals surface area (Å²) in [7, 11) is 0. The van der Waals surface area contributed by atoms with Crippen molar-refractivity contribution < 1.29 is 22.6 Å². The summed E-state index contributed by atoms with van der Waals surface area (Å²) in [4.78, 5) is 8.21. The highest BCUT2D eigenvalue weighted by Crippen LogP contribution is 2.33. The number of allylic oxidation sites excluding steroid dienone is 2. The maximum atomic E-state index is 12.8. The predicted octanol–water partition coefficient (Wildman–Crippen LogP) is 5.80. The van der Waals surface area contributed by atoms with Crippen LogP contribution >= 0.6 is 0 Å². The molecule has 190 valence electrons. The molecule has 9 heteroatoms. The lowest BCUT2D eigenvalue weighted by Gasteiger charge is -2.32. The Morgan fingerprint density at radius 3 is 2.44 bits per heavy atom. The largest absolute Gasteiger partial charge is 0.573 e. The van der Waals surface area contributed by atoms with Crippen LogP contribution in [0.1, 0.15) is 52.5 Å². The highest BCUT2D eigenvalue weighted by Gasteiger charge is 2.32. The van der Waals surface area contributed by atoms with Gasteiger partial charge >= 0.3 is 6.36 Å². The van der Waals surface area contributed by atoms with Gasteiger partial charge in [0.1, 0.15) is 0 Å². The number of nitrogens with zero attached hydrogens (tertiary/aromatic N) is 3. The highest BCUT2D eigenvalue weighted by atomic mass is 19.4. The molecule has 0 amide bonds. The van der Waals surface area contributed by atoms with Crippen LogP contribution in [0.5, 0.6) is 5.75 Å². The average molecular weight is 483 g/mol. The topological polar surface area (TPSA) is 63.9 Å². The first kappa shape index (κ1) is 27.7. The van der Waals surface area contributed by atoms with Crippen molar-refractivity contribution in [2.75, 3.05) is 38.6 Å². The number of morpholine rings is 1. The average Bonchev–Trinajstić information content (AvgIpc) is 2.73. The molecule has 0 aliphatic carbocycles. The number of nitrogens with two attached hydrogens (primary N) is 1. The normalized spacial score (nSPS) is 15.8. The zero-order valence-electron chi connectivity index (χ0n) is 20.7. The summed E-state index contributed by atoms with van der Waals surface area (Å²) in [6.07, 6.45) is 0.479. The van der Waals surface area contributed by atoms with Crippen LogP contribution < -0.4 is 10.5 Å². The molecule has 0 atom stereocenters.